The molecule has 3 rings (SSSR count). The molecule has 2 aromatic rings. The van der Waals surface area contributed by atoms with Gasteiger partial charge in [0, 0.05) is 19.0 Å². The minimum atomic E-state index is -2.99. The lowest BCUT2D eigenvalue weighted by atomic mass is 9.96. The molecule has 0 unspecified atom stereocenters. The largest absolute Gasteiger partial charge is 0.433 e. The standard InChI is InChI=1S/C17H19F2N5O3S/c1-10-3-2-4-12(27-15(18)19)13(10)21-17(26)24-7-5-11(6-8-24)14(25)22-16-23-20-9-28-16/h2-4,9,11,15H,5-8H2,1H3,(H,21,26)(H,22,23,25). The second kappa shape index (κ2) is 8.91. The molecule has 3 amide bonds. The number of nitrogens with zero attached hydrogens (tertiary/aromatic N) is 3. The van der Waals surface area contributed by atoms with Gasteiger partial charge in [-0.25, -0.2) is 4.79 Å². The maximum Gasteiger partial charge on any atom is 0.387 e. The van der Waals surface area contributed by atoms with E-state index in [1.54, 1.807) is 24.0 Å². The zero-order chi connectivity index (χ0) is 20.1. The Kier molecular flexibility index (Phi) is 6.34. The first-order valence-corrected chi connectivity index (χ1v) is 9.49. The number of piperidine rings is 1. The Balaban J connectivity index is 1.56. The van der Waals surface area contributed by atoms with Gasteiger partial charge in [-0.05, 0) is 31.4 Å². The van der Waals surface area contributed by atoms with Crippen molar-refractivity contribution in [1.82, 2.24) is 15.1 Å². The molecule has 1 aliphatic rings. The SMILES string of the molecule is Cc1cccc(OC(F)F)c1NC(=O)N1CCC(C(=O)Nc2nncs2)CC1. The third-order valence-electron chi connectivity index (χ3n) is 4.43. The third kappa shape index (κ3) is 4.91. The van der Waals surface area contributed by atoms with Crippen molar-refractivity contribution in [2.24, 2.45) is 5.92 Å². The highest BCUT2D eigenvalue weighted by Gasteiger charge is 2.28. The maximum atomic E-state index is 12.6. The summed E-state index contributed by atoms with van der Waals surface area (Å²) in [5, 5.41) is 13.2. The molecule has 2 N–H and O–H groups in total. The molecule has 150 valence electrons. The van der Waals surface area contributed by atoms with Gasteiger partial charge in [-0.2, -0.15) is 8.78 Å². The molecule has 0 aliphatic carbocycles. The van der Waals surface area contributed by atoms with Crippen LogP contribution in [0.1, 0.15) is 18.4 Å². The molecule has 0 radical (unpaired) electrons. The number of nitrogens with one attached hydrogen (secondary N) is 2. The lowest BCUT2D eigenvalue weighted by Crippen LogP contribution is -2.43. The summed E-state index contributed by atoms with van der Waals surface area (Å²) < 4.78 is 29.7. The van der Waals surface area contributed by atoms with E-state index in [0.717, 1.165) is 0 Å². The van der Waals surface area contributed by atoms with Crippen molar-refractivity contribution >= 4 is 34.1 Å². The smallest absolute Gasteiger partial charge is 0.387 e. The van der Waals surface area contributed by atoms with Crippen molar-refractivity contribution in [3.63, 3.8) is 0 Å². The molecule has 0 bridgehead atoms. The summed E-state index contributed by atoms with van der Waals surface area (Å²) in [6.07, 6.45) is 0.985. The highest BCUT2D eigenvalue weighted by Crippen LogP contribution is 2.30. The van der Waals surface area contributed by atoms with Gasteiger partial charge in [0.2, 0.25) is 11.0 Å². The fourth-order valence-electron chi connectivity index (χ4n) is 2.96. The number of rotatable bonds is 5. The number of carbonyl (C=O) groups excluding carboxylic acids is 2. The fourth-order valence-corrected chi connectivity index (χ4v) is 3.41. The third-order valence-corrected chi connectivity index (χ3v) is 5.03. The monoisotopic (exact) mass is 411 g/mol. The summed E-state index contributed by atoms with van der Waals surface area (Å²) in [5.41, 5.74) is 2.35. The average molecular weight is 411 g/mol. The second-order valence-electron chi connectivity index (χ2n) is 6.25. The molecule has 1 aromatic heterocycles. The van der Waals surface area contributed by atoms with E-state index in [0.29, 0.717) is 36.6 Å². The Morgan fingerprint density at radius 1 is 1.29 bits per heavy atom. The quantitative estimate of drug-likeness (QED) is 0.787. The first-order chi connectivity index (χ1) is 13.4. The number of hydrogen-bond donors (Lipinski definition) is 2. The Morgan fingerprint density at radius 2 is 2.04 bits per heavy atom. The van der Waals surface area contributed by atoms with Gasteiger partial charge in [-0.3, -0.25) is 4.79 Å². The van der Waals surface area contributed by atoms with Crippen molar-refractivity contribution in [3.05, 3.63) is 29.3 Å². The van der Waals surface area contributed by atoms with E-state index in [-0.39, 0.29) is 23.3 Å². The van der Waals surface area contributed by atoms with Crippen molar-refractivity contribution in [2.75, 3.05) is 23.7 Å². The number of urea groups is 1. The summed E-state index contributed by atoms with van der Waals surface area (Å²) in [5.74, 6) is -0.470. The lowest BCUT2D eigenvalue weighted by Gasteiger charge is -2.31. The maximum absolute atomic E-state index is 12.6. The summed E-state index contributed by atoms with van der Waals surface area (Å²) >= 11 is 1.23. The van der Waals surface area contributed by atoms with Crippen LogP contribution in [0, 0.1) is 12.8 Å². The molecule has 0 saturated carbocycles. The number of aromatic nitrogens is 2. The molecule has 28 heavy (non-hydrogen) atoms. The number of alkyl halides is 2. The number of benzene rings is 1. The predicted octanol–water partition coefficient (Wildman–Crippen LogP) is 3.33. The van der Waals surface area contributed by atoms with E-state index in [1.807, 2.05) is 0 Å². The minimum Gasteiger partial charge on any atom is -0.433 e. The average Bonchev–Trinajstić information content (AvgIpc) is 3.17. The number of halogens is 2. The van der Waals surface area contributed by atoms with Gasteiger partial charge in [-0.1, -0.05) is 23.5 Å². The van der Waals surface area contributed by atoms with Crippen LogP contribution in [0.3, 0.4) is 0 Å². The number of carbonyl (C=O) groups is 2. The van der Waals surface area contributed by atoms with Gasteiger partial charge in [0.05, 0.1) is 5.69 Å². The van der Waals surface area contributed by atoms with E-state index < -0.39 is 12.6 Å². The predicted molar refractivity (Wildman–Crippen MR) is 99.7 cm³/mol. The summed E-state index contributed by atoms with van der Waals surface area (Å²) in [6, 6.07) is 4.22. The van der Waals surface area contributed by atoms with Crippen LogP contribution in [0.15, 0.2) is 23.7 Å². The van der Waals surface area contributed by atoms with Crippen LogP contribution in [-0.2, 0) is 4.79 Å². The van der Waals surface area contributed by atoms with Gasteiger partial charge < -0.3 is 20.3 Å². The van der Waals surface area contributed by atoms with E-state index in [2.05, 4.69) is 25.6 Å². The molecule has 8 nitrogen and oxygen atoms in total. The topological polar surface area (TPSA) is 96.5 Å². The van der Waals surface area contributed by atoms with Gasteiger partial charge >= 0.3 is 12.6 Å². The highest BCUT2D eigenvalue weighted by atomic mass is 32.1. The number of hydrogen-bond acceptors (Lipinski definition) is 6. The van der Waals surface area contributed by atoms with E-state index in [9.17, 15) is 18.4 Å². The zero-order valence-corrected chi connectivity index (χ0v) is 15.8. The number of anilines is 2. The van der Waals surface area contributed by atoms with Crippen molar-refractivity contribution in [1.29, 1.82) is 0 Å². The highest BCUT2D eigenvalue weighted by molar-refractivity contribution is 7.13. The molecular weight excluding hydrogens is 392 g/mol. The molecule has 1 saturated heterocycles. The number of aryl methyl sites for hydroxylation is 1. The molecule has 1 aromatic carbocycles. The van der Waals surface area contributed by atoms with Gasteiger partial charge in [0.15, 0.2) is 0 Å². The van der Waals surface area contributed by atoms with Crippen LogP contribution in [0.4, 0.5) is 24.4 Å². The van der Waals surface area contributed by atoms with Gasteiger partial charge in [0.25, 0.3) is 0 Å². The van der Waals surface area contributed by atoms with Gasteiger partial charge in [-0.15, -0.1) is 10.2 Å². The fraction of sp³-hybridized carbons (Fsp3) is 0.412. The minimum absolute atomic E-state index is 0.0883. The summed E-state index contributed by atoms with van der Waals surface area (Å²) in [7, 11) is 0. The summed E-state index contributed by atoms with van der Waals surface area (Å²) in [4.78, 5) is 26.3. The summed E-state index contributed by atoms with van der Waals surface area (Å²) in [6.45, 7) is -0.550. The molecular formula is C17H19F2N5O3S. The molecule has 2 heterocycles. The molecule has 11 heteroatoms. The Hall–Kier alpha value is -2.82. The first kappa shape index (κ1) is 19.9. The Morgan fingerprint density at radius 3 is 2.68 bits per heavy atom. The zero-order valence-electron chi connectivity index (χ0n) is 15.0. The van der Waals surface area contributed by atoms with Crippen LogP contribution >= 0.6 is 11.3 Å². The molecule has 0 spiro atoms. The Bertz CT molecular complexity index is 826. The van der Waals surface area contributed by atoms with Crippen molar-refractivity contribution in [3.8, 4) is 5.75 Å². The van der Waals surface area contributed by atoms with E-state index in [4.69, 9.17) is 0 Å². The molecule has 1 aliphatic heterocycles. The Labute approximate surface area is 163 Å². The first-order valence-electron chi connectivity index (χ1n) is 8.61. The van der Waals surface area contributed by atoms with Crippen LogP contribution in [0.5, 0.6) is 5.75 Å². The van der Waals surface area contributed by atoms with Crippen LogP contribution in [-0.4, -0.2) is 46.7 Å². The van der Waals surface area contributed by atoms with Crippen LogP contribution < -0.4 is 15.4 Å². The van der Waals surface area contributed by atoms with Crippen LogP contribution in [0.2, 0.25) is 0 Å². The number of ether oxygens (including phenoxy) is 1. The molecule has 1 fully saturated rings. The van der Waals surface area contributed by atoms with E-state index >= 15 is 0 Å². The van der Waals surface area contributed by atoms with Gasteiger partial charge in [0.1, 0.15) is 11.3 Å². The lowest BCUT2D eigenvalue weighted by molar-refractivity contribution is -0.121. The second-order valence-corrected chi connectivity index (χ2v) is 7.08. The molecule has 0 atom stereocenters. The number of amides is 3. The van der Waals surface area contributed by atoms with Crippen molar-refractivity contribution in [2.45, 2.75) is 26.4 Å². The number of likely N-dealkylation sites (tertiary alicyclic amines) is 1. The van der Waals surface area contributed by atoms with Crippen molar-refractivity contribution < 1.29 is 23.1 Å². The normalized spacial score (nSPS) is 14.8. The van der Waals surface area contributed by atoms with Crippen LogP contribution in [0.25, 0.3) is 0 Å². The van der Waals surface area contributed by atoms with E-state index in [1.165, 1.54) is 22.9 Å². The number of para-hydroxylation sites is 1.